The van der Waals surface area contributed by atoms with Gasteiger partial charge in [-0.15, -0.1) is 0 Å². The van der Waals surface area contributed by atoms with Gasteiger partial charge in [0.25, 0.3) is 0 Å². The lowest BCUT2D eigenvalue weighted by Gasteiger charge is -2.19. The van der Waals surface area contributed by atoms with E-state index >= 15 is 0 Å². The maximum absolute atomic E-state index is 12.5. The van der Waals surface area contributed by atoms with E-state index in [4.69, 9.17) is 10.2 Å². The molecule has 0 amide bonds. The Hall–Kier alpha value is -1.70. The van der Waals surface area contributed by atoms with Gasteiger partial charge in [-0.2, -0.15) is 0 Å². The van der Waals surface area contributed by atoms with Gasteiger partial charge in [0, 0.05) is 17.5 Å². The molecule has 6 nitrogen and oxygen atoms in total. The van der Waals surface area contributed by atoms with E-state index in [9.17, 15) is 13.2 Å². The Kier molecular flexibility index (Phi) is 4.03. The number of fused-ring (bicyclic) bond motifs is 1. The number of hydrogen-bond donors (Lipinski definition) is 2. The van der Waals surface area contributed by atoms with Gasteiger partial charge in [-0.05, 0) is 49.6 Å². The zero-order valence-electron chi connectivity index (χ0n) is 12.0. The van der Waals surface area contributed by atoms with Crippen molar-refractivity contribution in [3.63, 3.8) is 0 Å². The molecule has 2 aromatic rings. The molecule has 1 fully saturated rings. The van der Waals surface area contributed by atoms with Crippen LogP contribution in [-0.4, -0.2) is 21.0 Å². The summed E-state index contributed by atoms with van der Waals surface area (Å²) in [5, 5.41) is 0.573. The average molecular weight is 322 g/mol. The van der Waals surface area contributed by atoms with Gasteiger partial charge < -0.3 is 10.2 Å². The average Bonchev–Trinajstić information content (AvgIpc) is 2.93. The molecule has 1 aliphatic rings. The first-order chi connectivity index (χ1) is 10.5. The Bertz CT molecular complexity index is 844. The summed E-state index contributed by atoms with van der Waals surface area (Å²) in [6.07, 6.45) is 2.74. The van der Waals surface area contributed by atoms with E-state index in [1.807, 2.05) is 0 Å². The first-order valence-electron chi connectivity index (χ1n) is 7.26. The zero-order chi connectivity index (χ0) is 15.7. The van der Waals surface area contributed by atoms with Crippen LogP contribution >= 0.6 is 0 Å². The van der Waals surface area contributed by atoms with Crippen LogP contribution in [0.2, 0.25) is 0 Å². The third kappa shape index (κ3) is 2.92. The van der Waals surface area contributed by atoms with Gasteiger partial charge in [0.15, 0.2) is 0 Å². The second-order valence-electron chi connectivity index (χ2n) is 5.61. The molecule has 0 bridgehead atoms. The monoisotopic (exact) mass is 322 g/mol. The molecule has 1 heterocycles. The highest BCUT2D eigenvalue weighted by Crippen LogP contribution is 2.26. The molecule has 1 aromatic heterocycles. The maximum Gasteiger partial charge on any atom is 0.336 e. The molecule has 1 saturated carbocycles. The fraction of sp³-hybridized carbons (Fsp3) is 0.400. The van der Waals surface area contributed by atoms with Gasteiger partial charge in [-0.3, -0.25) is 0 Å². The molecule has 0 aliphatic heterocycles. The fourth-order valence-electron chi connectivity index (χ4n) is 2.96. The lowest BCUT2D eigenvalue weighted by Crippen LogP contribution is -2.39. The summed E-state index contributed by atoms with van der Waals surface area (Å²) in [5.41, 5.74) is 5.60. The van der Waals surface area contributed by atoms with Crippen LogP contribution in [0.4, 0.5) is 0 Å². The largest absolute Gasteiger partial charge is 0.423 e. The van der Waals surface area contributed by atoms with Gasteiger partial charge in [0.05, 0.1) is 4.90 Å². The second kappa shape index (κ2) is 5.83. The Labute approximate surface area is 128 Å². The normalized spacial score (nSPS) is 22.2. The van der Waals surface area contributed by atoms with Crippen LogP contribution in [0, 0.1) is 5.92 Å². The standard InChI is InChI=1S/C15H18N2O4S/c16-9-11-2-1-3-13(11)17-22(19,20)12-5-6-14-10(8-12)4-7-15(18)21-14/h4-8,11,13,17H,1-3,9,16H2. The summed E-state index contributed by atoms with van der Waals surface area (Å²) in [7, 11) is -3.61. The zero-order valence-corrected chi connectivity index (χ0v) is 12.8. The van der Waals surface area contributed by atoms with Crippen LogP contribution in [0.1, 0.15) is 19.3 Å². The summed E-state index contributed by atoms with van der Waals surface area (Å²) in [6, 6.07) is 7.17. The fourth-order valence-corrected chi connectivity index (χ4v) is 4.33. The number of nitrogens with one attached hydrogen (secondary N) is 1. The molecule has 7 heteroatoms. The number of nitrogens with two attached hydrogens (primary N) is 1. The van der Waals surface area contributed by atoms with E-state index in [-0.39, 0.29) is 16.9 Å². The van der Waals surface area contributed by atoms with Gasteiger partial charge >= 0.3 is 5.63 Å². The maximum atomic E-state index is 12.5. The third-order valence-electron chi connectivity index (χ3n) is 4.17. The molecule has 3 rings (SSSR count). The Morgan fingerprint density at radius 2 is 2.05 bits per heavy atom. The van der Waals surface area contributed by atoms with Crippen molar-refractivity contribution < 1.29 is 12.8 Å². The van der Waals surface area contributed by atoms with Gasteiger partial charge in [0.1, 0.15) is 5.58 Å². The number of benzene rings is 1. The highest BCUT2D eigenvalue weighted by Gasteiger charge is 2.30. The van der Waals surface area contributed by atoms with Crippen LogP contribution in [0.5, 0.6) is 0 Å². The van der Waals surface area contributed by atoms with Crippen LogP contribution in [0.15, 0.2) is 44.4 Å². The summed E-state index contributed by atoms with van der Waals surface area (Å²) in [6.45, 7) is 0.482. The smallest absolute Gasteiger partial charge is 0.336 e. The summed E-state index contributed by atoms with van der Waals surface area (Å²) >= 11 is 0. The van der Waals surface area contributed by atoms with Crippen molar-refractivity contribution in [3.8, 4) is 0 Å². The van der Waals surface area contributed by atoms with Crippen LogP contribution in [0.25, 0.3) is 11.0 Å². The second-order valence-corrected chi connectivity index (χ2v) is 7.32. The molecule has 3 N–H and O–H groups in total. The van der Waals surface area contributed by atoms with E-state index < -0.39 is 15.6 Å². The number of hydrogen-bond acceptors (Lipinski definition) is 5. The number of sulfonamides is 1. The molecule has 0 spiro atoms. The Balaban J connectivity index is 1.91. The van der Waals surface area contributed by atoms with E-state index in [2.05, 4.69) is 4.72 Å². The Morgan fingerprint density at radius 1 is 1.23 bits per heavy atom. The quantitative estimate of drug-likeness (QED) is 0.823. The molecule has 22 heavy (non-hydrogen) atoms. The van der Waals surface area contributed by atoms with E-state index in [1.54, 1.807) is 6.07 Å². The van der Waals surface area contributed by atoms with Gasteiger partial charge in [0.2, 0.25) is 10.0 Å². The lowest BCUT2D eigenvalue weighted by atomic mass is 10.1. The molecule has 0 radical (unpaired) electrons. The van der Waals surface area contributed by atoms with Crippen molar-refractivity contribution >= 4 is 21.0 Å². The molecule has 0 saturated heterocycles. The third-order valence-corrected chi connectivity index (χ3v) is 5.66. The minimum atomic E-state index is -3.61. The van der Waals surface area contributed by atoms with Crippen molar-refractivity contribution in [2.24, 2.45) is 11.7 Å². The van der Waals surface area contributed by atoms with Crippen LogP contribution in [-0.2, 0) is 10.0 Å². The molecule has 2 atom stereocenters. The Morgan fingerprint density at radius 3 is 2.82 bits per heavy atom. The summed E-state index contributed by atoms with van der Waals surface area (Å²) < 4.78 is 32.8. The van der Waals surface area contributed by atoms with Crippen molar-refractivity contribution in [2.45, 2.75) is 30.2 Å². The summed E-state index contributed by atoms with van der Waals surface area (Å²) in [5.74, 6) is 0.188. The lowest BCUT2D eigenvalue weighted by molar-refractivity contribution is 0.453. The predicted octanol–water partition coefficient (Wildman–Crippen LogP) is 1.20. The highest BCUT2D eigenvalue weighted by molar-refractivity contribution is 7.89. The van der Waals surface area contributed by atoms with E-state index in [0.29, 0.717) is 17.5 Å². The molecule has 1 aromatic carbocycles. The SMILES string of the molecule is NCC1CCCC1NS(=O)(=O)c1ccc2oc(=O)ccc2c1. The first kappa shape index (κ1) is 15.2. The molecule has 1 aliphatic carbocycles. The predicted molar refractivity (Wildman–Crippen MR) is 83.0 cm³/mol. The molecular weight excluding hydrogens is 304 g/mol. The molecule has 118 valence electrons. The van der Waals surface area contributed by atoms with Gasteiger partial charge in [-0.25, -0.2) is 17.9 Å². The van der Waals surface area contributed by atoms with Crippen molar-refractivity contribution in [1.29, 1.82) is 0 Å². The van der Waals surface area contributed by atoms with Crippen molar-refractivity contribution in [3.05, 3.63) is 40.8 Å². The van der Waals surface area contributed by atoms with Crippen molar-refractivity contribution in [1.82, 2.24) is 4.72 Å². The minimum Gasteiger partial charge on any atom is -0.423 e. The minimum absolute atomic E-state index is 0.112. The van der Waals surface area contributed by atoms with E-state index in [0.717, 1.165) is 19.3 Å². The molecule has 2 unspecified atom stereocenters. The summed E-state index contributed by atoms with van der Waals surface area (Å²) in [4.78, 5) is 11.3. The number of rotatable bonds is 4. The first-order valence-corrected chi connectivity index (χ1v) is 8.74. The van der Waals surface area contributed by atoms with Gasteiger partial charge in [-0.1, -0.05) is 6.42 Å². The molecular formula is C15H18N2O4S. The topological polar surface area (TPSA) is 102 Å². The van der Waals surface area contributed by atoms with Crippen LogP contribution < -0.4 is 16.1 Å². The van der Waals surface area contributed by atoms with Crippen LogP contribution in [0.3, 0.4) is 0 Å². The highest BCUT2D eigenvalue weighted by atomic mass is 32.2. The van der Waals surface area contributed by atoms with E-state index in [1.165, 1.54) is 24.3 Å². The van der Waals surface area contributed by atoms with Crippen molar-refractivity contribution in [2.75, 3.05) is 6.54 Å².